The van der Waals surface area contributed by atoms with E-state index in [4.69, 9.17) is 0 Å². The first-order valence-corrected chi connectivity index (χ1v) is 11.0. The Morgan fingerprint density at radius 2 is 1.64 bits per heavy atom. The van der Waals surface area contributed by atoms with Gasteiger partial charge in [0.15, 0.2) is 5.60 Å². The molecule has 2 fully saturated rings. The fourth-order valence-corrected chi connectivity index (χ4v) is 4.61. The monoisotopic (exact) mass is 466 g/mol. The third-order valence-electron chi connectivity index (χ3n) is 6.87. The van der Waals surface area contributed by atoms with Gasteiger partial charge in [0.1, 0.15) is 5.82 Å². The van der Waals surface area contributed by atoms with E-state index < -0.39 is 23.2 Å². The summed E-state index contributed by atoms with van der Waals surface area (Å²) in [6.07, 6.45) is 0.847. The highest BCUT2D eigenvalue weighted by Gasteiger charge is 2.51. The second kappa shape index (κ2) is 8.36. The Bertz CT molecular complexity index is 1010. The molecule has 1 aromatic heterocycles. The summed E-state index contributed by atoms with van der Waals surface area (Å²) in [7, 11) is 0. The summed E-state index contributed by atoms with van der Waals surface area (Å²) in [6, 6.07) is 6.21. The van der Waals surface area contributed by atoms with Gasteiger partial charge in [-0.15, -0.1) is 0 Å². The molecule has 1 atom stereocenters. The molecule has 0 aliphatic heterocycles. The molecule has 1 amide bonds. The number of nitrogens with zero attached hydrogens (tertiary/aromatic N) is 2. The van der Waals surface area contributed by atoms with E-state index in [0.717, 1.165) is 31.2 Å². The minimum atomic E-state index is -4.84. The van der Waals surface area contributed by atoms with E-state index in [-0.39, 0.29) is 47.5 Å². The molecule has 0 radical (unpaired) electrons. The number of alkyl halides is 3. The van der Waals surface area contributed by atoms with Gasteiger partial charge in [0, 0.05) is 29.4 Å². The number of carbonyl (C=O) groups excluding carboxylic acids is 1. The fraction of sp³-hybridized carbons (Fsp3) is 0.500. The highest BCUT2D eigenvalue weighted by molar-refractivity contribution is 5.95. The van der Waals surface area contributed by atoms with E-state index in [2.05, 4.69) is 4.98 Å². The Labute approximate surface area is 189 Å². The first kappa shape index (κ1) is 23.6. The maximum atomic E-state index is 14.2. The normalized spacial score (nSPS) is 25.4. The van der Waals surface area contributed by atoms with E-state index in [1.807, 2.05) is 0 Å². The van der Waals surface area contributed by atoms with Crippen molar-refractivity contribution in [2.45, 2.75) is 74.9 Å². The molecule has 33 heavy (non-hydrogen) atoms. The topological polar surface area (TPSA) is 73.7 Å². The predicted molar refractivity (Wildman–Crippen MR) is 112 cm³/mol. The Morgan fingerprint density at radius 3 is 2.15 bits per heavy atom. The van der Waals surface area contributed by atoms with Crippen molar-refractivity contribution < 1.29 is 32.6 Å². The van der Waals surface area contributed by atoms with Gasteiger partial charge < -0.3 is 15.1 Å². The quantitative estimate of drug-likeness (QED) is 0.640. The number of hydrogen-bond acceptors (Lipinski definition) is 4. The van der Waals surface area contributed by atoms with Gasteiger partial charge in [0.2, 0.25) is 0 Å². The lowest BCUT2D eigenvalue weighted by Crippen LogP contribution is -2.46. The van der Waals surface area contributed by atoms with E-state index in [0.29, 0.717) is 19.8 Å². The van der Waals surface area contributed by atoms with Crippen molar-refractivity contribution in [3.63, 3.8) is 0 Å². The van der Waals surface area contributed by atoms with Crippen LogP contribution in [0.4, 0.5) is 17.6 Å². The number of hydrogen-bond donors (Lipinski definition) is 2. The predicted octanol–water partition coefficient (Wildman–Crippen LogP) is 4.43. The number of benzene rings is 1. The van der Waals surface area contributed by atoms with Crippen molar-refractivity contribution in [2.75, 3.05) is 0 Å². The Morgan fingerprint density at radius 1 is 1.06 bits per heavy atom. The minimum absolute atomic E-state index is 0.0457. The molecule has 4 rings (SSSR count). The van der Waals surface area contributed by atoms with Gasteiger partial charge in [-0.1, -0.05) is 12.1 Å². The first-order chi connectivity index (χ1) is 15.4. The van der Waals surface area contributed by atoms with Crippen LogP contribution in [0.5, 0.6) is 0 Å². The number of pyridine rings is 1. The highest BCUT2D eigenvalue weighted by atomic mass is 19.4. The summed E-state index contributed by atoms with van der Waals surface area (Å²) >= 11 is 0. The summed E-state index contributed by atoms with van der Waals surface area (Å²) in [5.74, 6) is -0.857. The first-order valence-electron chi connectivity index (χ1n) is 11.0. The van der Waals surface area contributed by atoms with Gasteiger partial charge in [-0.2, -0.15) is 13.2 Å². The molecule has 0 spiro atoms. The molecular formula is C24H26F4N2O3. The molecule has 1 aromatic carbocycles. The van der Waals surface area contributed by atoms with Crippen molar-refractivity contribution in [3.05, 3.63) is 65.2 Å². The van der Waals surface area contributed by atoms with E-state index in [1.54, 1.807) is 4.90 Å². The summed E-state index contributed by atoms with van der Waals surface area (Å²) in [5.41, 5.74) is -4.24. The zero-order valence-electron chi connectivity index (χ0n) is 18.1. The number of halogens is 4. The smallest absolute Gasteiger partial charge is 0.385 e. The van der Waals surface area contributed by atoms with Crippen LogP contribution in [0.15, 0.2) is 42.7 Å². The molecule has 0 bridgehead atoms. The lowest BCUT2D eigenvalue weighted by Gasteiger charge is -2.41. The van der Waals surface area contributed by atoms with Gasteiger partial charge in [0.25, 0.3) is 5.91 Å². The maximum Gasteiger partial charge on any atom is 0.421 e. The van der Waals surface area contributed by atoms with Crippen LogP contribution >= 0.6 is 0 Å². The molecule has 2 aliphatic carbocycles. The van der Waals surface area contributed by atoms with Crippen molar-refractivity contribution >= 4 is 5.91 Å². The average Bonchev–Trinajstić information content (AvgIpc) is 3.60. The molecule has 9 heteroatoms. The van der Waals surface area contributed by atoms with Crippen molar-refractivity contribution in [3.8, 4) is 0 Å². The maximum absolute atomic E-state index is 14.2. The molecule has 2 saturated carbocycles. The van der Waals surface area contributed by atoms with E-state index in [1.165, 1.54) is 24.4 Å². The lowest BCUT2D eigenvalue weighted by atomic mass is 9.77. The van der Waals surface area contributed by atoms with Gasteiger partial charge >= 0.3 is 6.18 Å². The fourth-order valence-electron chi connectivity index (χ4n) is 4.61. The molecule has 2 aliphatic rings. The molecule has 178 valence electrons. The number of carbonyl (C=O) groups is 1. The molecule has 5 nitrogen and oxygen atoms in total. The second-order valence-electron chi connectivity index (χ2n) is 9.21. The van der Waals surface area contributed by atoms with Gasteiger partial charge in [-0.3, -0.25) is 9.78 Å². The van der Waals surface area contributed by atoms with E-state index in [9.17, 15) is 32.6 Å². The standard InChI is InChI=1S/C24H26F4N2O3/c1-22(32,24(26,27)28)16-4-2-15(3-5-16)21(31)30(17-6-7-17)18-8-11-23(33,12-9-18)19-10-13-29-14-20(19)25/h2-5,10,13-14,17-18,32-33H,6-9,11-12H2,1H3/t18?,22-,23?/m0/s1. The van der Waals surface area contributed by atoms with Crippen LogP contribution in [-0.2, 0) is 11.2 Å². The van der Waals surface area contributed by atoms with Crippen LogP contribution in [0.3, 0.4) is 0 Å². The highest BCUT2D eigenvalue weighted by Crippen LogP contribution is 2.43. The molecule has 0 saturated heterocycles. The SMILES string of the molecule is C[C@](O)(c1ccc(C(=O)N(C2CC2)C2CCC(O)(c3ccncc3F)CC2)cc1)C(F)(F)F. The van der Waals surface area contributed by atoms with Crippen LogP contribution in [0.2, 0.25) is 0 Å². The van der Waals surface area contributed by atoms with Crippen molar-refractivity contribution in [2.24, 2.45) is 0 Å². The zero-order valence-corrected chi connectivity index (χ0v) is 18.1. The molecule has 1 heterocycles. The second-order valence-corrected chi connectivity index (χ2v) is 9.21. The average molecular weight is 466 g/mol. The van der Waals surface area contributed by atoms with Gasteiger partial charge in [0.05, 0.1) is 11.8 Å². The Hall–Kier alpha value is -2.52. The third kappa shape index (κ3) is 4.48. The summed E-state index contributed by atoms with van der Waals surface area (Å²) in [6.45, 7) is 0.676. The van der Waals surface area contributed by atoms with Crippen LogP contribution in [-0.4, -0.2) is 44.3 Å². The molecular weight excluding hydrogens is 440 g/mol. The summed E-state index contributed by atoms with van der Waals surface area (Å²) in [5, 5.41) is 20.9. The Kier molecular flexibility index (Phi) is 5.99. The van der Waals surface area contributed by atoms with E-state index >= 15 is 0 Å². The number of rotatable bonds is 5. The van der Waals surface area contributed by atoms with Crippen molar-refractivity contribution in [1.29, 1.82) is 0 Å². The van der Waals surface area contributed by atoms with Crippen LogP contribution in [0.25, 0.3) is 0 Å². The van der Waals surface area contributed by atoms with Gasteiger partial charge in [-0.05, 0) is 69.2 Å². The third-order valence-corrected chi connectivity index (χ3v) is 6.87. The summed E-state index contributed by atoms with van der Waals surface area (Å²) in [4.78, 5) is 18.8. The zero-order chi connectivity index (χ0) is 24.0. The number of amides is 1. The molecule has 2 N–H and O–H groups in total. The van der Waals surface area contributed by atoms with Crippen molar-refractivity contribution in [1.82, 2.24) is 9.88 Å². The van der Waals surface area contributed by atoms with Crippen LogP contribution in [0, 0.1) is 5.82 Å². The lowest BCUT2D eigenvalue weighted by molar-refractivity contribution is -0.258. The Balaban J connectivity index is 1.50. The minimum Gasteiger partial charge on any atom is -0.385 e. The number of aliphatic hydroxyl groups is 2. The molecule has 2 aromatic rings. The van der Waals surface area contributed by atoms with Crippen LogP contribution in [0.1, 0.15) is 66.9 Å². The molecule has 0 unspecified atom stereocenters. The van der Waals surface area contributed by atoms with Crippen LogP contribution < -0.4 is 0 Å². The summed E-state index contributed by atoms with van der Waals surface area (Å²) < 4.78 is 53.5. The number of aromatic nitrogens is 1. The van der Waals surface area contributed by atoms with Gasteiger partial charge in [-0.25, -0.2) is 4.39 Å². The largest absolute Gasteiger partial charge is 0.421 e.